The number of anilines is 2. The van der Waals surface area contributed by atoms with Gasteiger partial charge in [0, 0.05) is 4.47 Å². The number of benzene rings is 1. The maximum atomic E-state index is 10.7. The summed E-state index contributed by atoms with van der Waals surface area (Å²) in [5.74, 6) is -0.959. The zero-order chi connectivity index (χ0) is 12.4. The van der Waals surface area contributed by atoms with Crippen molar-refractivity contribution < 1.29 is 9.90 Å². The number of hydrogen-bond acceptors (Lipinski definition) is 4. The molecule has 1 heterocycles. The number of aromatic carboxylic acids is 1. The normalized spacial score (nSPS) is 10.2. The lowest BCUT2D eigenvalue weighted by atomic mass is 10.2. The maximum Gasteiger partial charge on any atom is 0.347 e. The molecule has 0 radical (unpaired) electrons. The molecule has 0 atom stereocenters. The lowest BCUT2D eigenvalue weighted by molar-refractivity contribution is 0.0702. The van der Waals surface area contributed by atoms with Crippen molar-refractivity contribution in [1.29, 1.82) is 0 Å². The van der Waals surface area contributed by atoms with Gasteiger partial charge in [-0.05, 0) is 40.5 Å². The fourth-order valence-electron chi connectivity index (χ4n) is 1.28. The highest BCUT2D eigenvalue weighted by Crippen LogP contribution is 2.28. The number of carbonyl (C=O) groups is 1. The third-order valence-corrected chi connectivity index (χ3v) is 3.67. The highest BCUT2D eigenvalue weighted by molar-refractivity contribution is 9.10. The molecule has 0 aliphatic rings. The summed E-state index contributed by atoms with van der Waals surface area (Å²) in [4.78, 5) is 14.9. The van der Waals surface area contributed by atoms with E-state index in [0.29, 0.717) is 5.13 Å². The minimum Gasteiger partial charge on any atom is -0.477 e. The van der Waals surface area contributed by atoms with Crippen LogP contribution in [0.15, 0.2) is 28.9 Å². The van der Waals surface area contributed by atoms with E-state index in [9.17, 15) is 4.79 Å². The molecule has 4 nitrogen and oxygen atoms in total. The summed E-state index contributed by atoms with van der Waals surface area (Å²) < 4.78 is 0.912. The molecule has 0 spiro atoms. The van der Waals surface area contributed by atoms with Gasteiger partial charge < -0.3 is 10.4 Å². The number of nitrogens with one attached hydrogen (secondary N) is 1. The van der Waals surface area contributed by atoms with Crippen molar-refractivity contribution in [2.75, 3.05) is 5.32 Å². The SMILES string of the molecule is Cc1ccc(Br)c(Nc2ncc(C(=O)O)s2)c1. The molecular weight excluding hydrogens is 304 g/mol. The van der Waals surface area contributed by atoms with Crippen molar-refractivity contribution in [3.63, 3.8) is 0 Å². The summed E-state index contributed by atoms with van der Waals surface area (Å²) in [6, 6.07) is 5.88. The van der Waals surface area contributed by atoms with Crippen LogP contribution in [0, 0.1) is 6.92 Å². The van der Waals surface area contributed by atoms with Gasteiger partial charge in [0.05, 0.1) is 11.9 Å². The first-order valence-electron chi connectivity index (χ1n) is 4.78. The Labute approximate surface area is 110 Å². The van der Waals surface area contributed by atoms with Gasteiger partial charge in [-0.3, -0.25) is 0 Å². The first kappa shape index (κ1) is 12.1. The molecule has 2 aromatic rings. The number of aryl methyl sites for hydroxylation is 1. The largest absolute Gasteiger partial charge is 0.477 e. The second-order valence-corrected chi connectivity index (χ2v) is 5.33. The summed E-state index contributed by atoms with van der Waals surface area (Å²) in [6.45, 7) is 1.99. The summed E-state index contributed by atoms with van der Waals surface area (Å²) >= 11 is 4.53. The van der Waals surface area contributed by atoms with E-state index in [0.717, 1.165) is 27.1 Å². The van der Waals surface area contributed by atoms with Crippen LogP contribution in [0.2, 0.25) is 0 Å². The fourth-order valence-corrected chi connectivity index (χ4v) is 2.29. The van der Waals surface area contributed by atoms with E-state index >= 15 is 0 Å². The fraction of sp³-hybridized carbons (Fsp3) is 0.0909. The van der Waals surface area contributed by atoms with Crippen LogP contribution in [0.5, 0.6) is 0 Å². The van der Waals surface area contributed by atoms with Gasteiger partial charge in [0.25, 0.3) is 0 Å². The van der Waals surface area contributed by atoms with Crippen molar-refractivity contribution in [2.45, 2.75) is 6.92 Å². The summed E-state index contributed by atoms with van der Waals surface area (Å²) in [5.41, 5.74) is 1.99. The Morgan fingerprint density at radius 3 is 2.94 bits per heavy atom. The smallest absolute Gasteiger partial charge is 0.347 e. The quantitative estimate of drug-likeness (QED) is 0.908. The number of aromatic nitrogens is 1. The van der Waals surface area contributed by atoms with Gasteiger partial charge in [0.1, 0.15) is 4.88 Å². The molecule has 17 heavy (non-hydrogen) atoms. The second kappa shape index (κ2) is 4.85. The summed E-state index contributed by atoms with van der Waals surface area (Å²) in [5, 5.41) is 12.4. The molecule has 0 fully saturated rings. The molecule has 6 heteroatoms. The Hall–Kier alpha value is -1.40. The zero-order valence-electron chi connectivity index (χ0n) is 8.90. The van der Waals surface area contributed by atoms with Gasteiger partial charge in [-0.1, -0.05) is 17.4 Å². The van der Waals surface area contributed by atoms with Crippen molar-refractivity contribution in [1.82, 2.24) is 4.98 Å². The van der Waals surface area contributed by atoms with Gasteiger partial charge in [-0.2, -0.15) is 0 Å². The first-order valence-corrected chi connectivity index (χ1v) is 6.39. The lowest BCUT2D eigenvalue weighted by Gasteiger charge is -2.06. The molecule has 0 unspecified atom stereocenters. The zero-order valence-corrected chi connectivity index (χ0v) is 11.3. The minimum absolute atomic E-state index is 0.219. The number of halogens is 1. The van der Waals surface area contributed by atoms with Crippen molar-refractivity contribution in [3.8, 4) is 0 Å². The maximum absolute atomic E-state index is 10.7. The van der Waals surface area contributed by atoms with Crippen LogP contribution in [-0.4, -0.2) is 16.1 Å². The van der Waals surface area contributed by atoms with E-state index in [2.05, 4.69) is 26.2 Å². The third kappa shape index (κ3) is 2.83. The Balaban J connectivity index is 2.25. The molecule has 1 aromatic carbocycles. The van der Waals surface area contributed by atoms with E-state index in [1.807, 2.05) is 25.1 Å². The predicted molar refractivity (Wildman–Crippen MR) is 71.2 cm³/mol. The van der Waals surface area contributed by atoms with Gasteiger partial charge in [0.15, 0.2) is 5.13 Å². The number of carboxylic acid groups (broad SMARTS) is 1. The highest BCUT2D eigenvalue weighted by atomic mass is 79.9. The van der Waals surface area contributed by atoms with Gasteiger partial charge in [0.2, 0.25) is 0 Å². The van der Waals surface area contributed by atoms with E-state index in [4.69, 9.17) is 5.11 Å². The van der Waals surface area contributed by atoms with Crippen molar-refractivity contribution >= 4 is 44.1 Å². The first-order chi connectivity index (χ1) is 8.06. The molecule has 0 saturated heterocycles. The Morgan fingerprint density at radius 1 is 1.53 bits per heavy atom. The summed E-state index contributed by atoms with van der Waals surface area (Å²) in [6.07, 6.45) is 1.35. The van der Waals surface area contributed by atoms with Gasteiger partial charge in [-0.25, -0.2) is 9.78 Å². The van der Waals surface area contributed by atoms with Crippen molar-refractivity contribution in [2.24, 2.45) is 0 Å². The van der Waals surface area contributed by atoms with E-state index < -0.39 is 5.97 Å². The number of carboxylic acids is 1. The van der Waals surface area contributed by atoms with Crippen LogP contribution in [0.25, 0.3) is 0 Å². The van der Waals surface area contributed by atoms with Crippen LogP contribution >= 0.6 is 27.3 Å². The predicted octanol–water partition coefficient (Wildman–Crippen LogP) is 3.66. The number of thiazole rings is 1. The Bertz CT molecular complexity index is 568. The highest BCUT2D eigenvalue weighted by Gasteiger charge is 2.09. The van der Waals surface area contributed by atoms with Crippen LogP contribution in [0.3, 0.4) is 0 Å². The van der Waals surface area contributed by atoms with Gasteiger partial charge in [-0.15, -0.1) is 0 Å². The molecule has 1 aromatic heterocycles. The molecule has 0 aliphatic heterocycles. The number of hydrogen-bond donors (Lipinski definition) is 2. The molecular formula is C11H9BrN2O2S. The van der Waals surface area contributed by atoms with E-state index in [1.165, 1.54) is 6.20 Å². The topological polar surface area (TPSA) is 62.2 Å². The standard InChI is InChI=1S/C11H9BrN2O2S/c1-6-2-3-7(12)8(4-6)14-11-13-5-9(17-11)10(15)16/h2-5H,1H3,(H,13,14)(H,15,16). The number of rotatable bonds is 3. The van der Waals surface area contributed by atoms with Crippen LogP contribution < -0.4 is 5.32 Å². The monoisotopic (exact) mass is 312 g/mol. The molecule has 0 bridgehead atoms. The lowest BCUT2D eigenvalue weighted by Crippen LogP contribution is -1.91. The van der Waals surface area contributed by atoms with Crippen LogP contribution in [-0.2, 0) is 0 Å². The van der Waals surface area contributed by atoms with Crippen LogP contribution in [0.4, 0.5) is 10.8 Å². The van der Waals surface area contributed by atoms with E-state index in [1.54, 1.807) is 0 Å². The van der Waals surface area contributed by atoms with E-state index in [-0.39, 0.29) is 4.88 Å². The average Bonchev–Trinajstić information content (AvgIpc) is 2.72. The van der Waals surface area contributed by atoms with Gasteiger partial charge >= 0.3 is 5.97 Å². The van der Waals surface area contributed by atoms with Crippen molar-refractivity contribution in [3.05, 3.63) is 39.3 Å². The minimum atomic E-state index is -0.959. The number of nitrogens with zero attached hydrogens (tertiary/aromatic N) is 1. The molecule has 0 amide bonds. The Morgan fingerprint density at radius 2 is 2.29 bits per heavy atom. The molecule has 0 saturated carbocycles. The third-order valence-electron chi connectivity index (χ3n) is 2.08. The second-order valence-electron chi connectivity index (χ2n) is 3.44. The molecule has 2 N–H and O–H groups in total. The Kier molecular flexibility index (Phi) is 3.44. The van der Waals surface area contributed by atoms with Crippen LogP contribution in [0.1, 0.15) is 15.2 Å². The average molecular weight is 313 g/mol. The molecule has 2 rings (SSSR count). The summed E-state index contributed by atoms with van der Waals surface area (Å²) in [7, 11) is 0. The molecule has 0 aliphatic carbocycles. The molecule has 88 valence electrons.